The van der Waals surface area contributed by atoms with Crippen molar-refractivity contribution in [3.63, 3.8) is 0 Å². The molecular formula is C18H16N8O. The van der Waals surface area contributed by atoms with Gasteiger partial charge in [-0.2, -0.15) is 0 Å². The van der Waals surface area contributed by atoms with Gasteiger partial charge in [0.1, 0.15) is 24.3 Å². The van der Waals surface area contributed by atoms with Gasteiger partial charge in [-0.1, -0.05) is 12.1 Å². The van der Waals surface area contributed by atoms with Gasteiger partial charge in [0.15, 0.2) is 0 Å². The lowest BCUT2D eigenvalue weighted by molar-refractivity contribution is -0.120. The summed E-state index contributed by atoms with van der Waals surface area (Å²) in [4.78, 5) is 34.6. The summed E-state index contributed by atoms with van der Waals surface area (Å²) in [6.45, 7) is 1.21. The monoisotopic (exact) mass is 360 g/mol. The molecule has 4 heterocycles. The Morgan fingerprint density at radius 1 is 1.19 bits per heavy atom. The van der Waals surface area contributed by atoms with E-state index in [0.29, 0.717) is 19.0 Å². The van der Waals surface area contributed by atoms with E-state index >= 15 is 0 Å². The first-order valence-electron chi connectivity index (χ1n) is 8.57. The molecule has 0 bridgehead atoms. The van der Waals surface area contributed by atoms with Crippen LogP contribution in [0.25, 0.3) is 16.9 Å². The Morgan fingerprint density at radius 3 is 2.85 bits per heavy atom. The number of nitrogens with zero attached hydrogens (tertiary/aromatic N) is 6. The van der Waals surface area contributed by atoms with Crippen molar-refractivity contribution in [2.45, 2.75) is 0 Å². The minimum atomic E-state index is -0.107. The highest BCUT2D eigenvalue weighted by atomic mass is 16.2. The van der Waals surface area contributed by atoms with Crippen LogP contribution in [0.15, 0.2) is 55.4 Å². The highest BCUT2D eigenvalue weighted by Gasteiger charge is 2.34. The molecule has 1 fully saturated rings. The first-order valence-corrected chi connectivity index (χ1v) is 8.57. The molecule has 1 aliphatic heterocycles. The molecule has 0 saturated carbocycles. The van der Waals surface area contributed by atoms with E-state index in [-0.39, 0.29) is 11.8 Å². The third-order valence-corrected chi connectivity index (χ3v) is 4.61. The SMILES string of the molecule is O=C(Nc1nc2ccccc2[nH]1)C1CN(c2cc(-n3ccnc3)ncn2)C1. The van der Waals surface area contributed by atoms with Crippen LogP contribution in [0, 0.1) is 5.92 Å². The van der Waals surface area contributed by atoms with Crippen LogP contribution in [-0.4, -0.2) is 48.5 Å². The van der Waals surface area contributed by atoms with Crippen LogP contribution in [-0.2, 0) is 4.79 Å². The topological polar surface area (TPSA) is 105 Å². The first-order chi connectivity index (χ1) is 13.3. The van der Waals surface area contributed by atoms with Gasteiger partial charge in [-0.3, -0.25) is 14.7 Å². The zero-order valence-electron chi connectivity index (χ0n) is 14.3. The molecule has 134 valence electrons. The molecule has 0 spiro atoms. The first kappa shape index (κ1) is 15.5. The quantitative estimate of drug-likeness (QED) is 0.573. The van der Waals surface area contributed by atoms with E-state index in [1.165, 1.54) is 6.33 Å². The van der Waals surface area contributed by atoms with Crippen molar-refractivity contribution in [3.8, 4) is 5.82 Å². The Labute approximate surface area is 154 Å². The normalized spacial score (nSPS) is 14.3. The maximum absolute atomic E-state index is 12.5. The molecule has 2 N–H and O–H groups in total. The van der Waals surface area contributed by atoms with Crippen LogP contribution < -0.4 is 10.2 Å². The number of benzene rings is 1. The molecule has 9 heteroatoms. The molecule has 1 aromatic carbocycles. The van der Waals surface area contributed by atoms with Gasteiger partial charge >= 0.3 is 0 Å². The summed E-state index contributed by atoms with van der Waals surface area (Å²) in [6.07, 6.45) is 6.73. The fraction of sp³-hybridized carbons (Fsp3) is 0.167. The molecule has 0 radical (unpaired) electrons. The maximum Gasteiger partial charge on any atom is 0.233 e. The number of imidazole rings is 2. The minimum absolute atomic E-state index is 0.0470. The van der Waals surface area contributed by atoms with Gasteiger partial charge < -0.3 is 9.88 Å². The molecule has 9 nitrogen and oxygen atoms in total. The third kappa shape index (κ3) is 2.88. The van der Waals surface area contributed by atoms with Gasteiger partial charge in [0.05, 0.1) is 17.0 Å². The molecule has 1 amide bonds. The van der Waals surface area contributed by atoms with Crippen molar-refractivity contribution in [1.82, 2.24) is 29.5 Å². The Kier molecular flexibility index (Phi) is 3.56. The highest BCUT2D eigenvalue weighted by molar-refractivity contribution is 5.94. The lowest BCUT2D eigenvalue weighted by atomic mass is 9.99. The van der Waals surface area contributed by atoms with Crippen LogP contribution in [0.2, 0.25) is 0 Å². The van der Waals surface area contributed by atoms with Crippen LogP contribution >= 0.6 is 0 Å². The van der Waals surface area contributed by atoms with Gasteiger partial charge in [0.2, 0.25) is 11.9 Å². The molecule has 0 atom stereocenters. The fourth-order valence-corrected chi connectivity index (χ4v) is 3.11. The second-order valence-electron chi connectivity index (χ2n) is 6.40. The number of para-hydroxylation sites is 2. The molecule has 0 aliphatic carbocycles. The lowest BCUT2D eigenvalue weighted by Crippen LogP contribution is -2.52. The molecule has 0 unspecified atom stereocenters. The summed E-state index contributed by atoms with van der Waals surface area (Å²) in [6, 6.07) is 9.55. The van der Waals surface area contributed by atoms with Gasteiger partial charge in [-0.05, 0) is 12.1 Å². The lowest BCUT2D eigenvalue weighted by Gasteiger charge is -2.38. The summed E-state index contributed by atoms with van der Waals surface area (Å²) in [5, 5.41) is 2.86. The number of aromatic amines is 1. The van der Waals surface area contributed by atoms with Crippen LogP contribution in [0.5, 0.6) is 0 Å². The standard InChI is InChI=1S/C18H16N8O/c27-17(24-18-22-13-3-1-2-4-14(13)23-18)12-8-26(9-12)16-7-15(20-10-21-16)25-6-5-19-11-25/h1-7,10-12H,8-9H2,(H2,22,23,24,27). The zero-order chi connectivity index (χ0) is 18.2. The molecule has 3 aromatic heterocycles. The summed E-state index contributed by atoms with van der Waals surface area (Å²) < 4.78 is 1.82. The van der Waals surface area contributed by atoms with E-state index in [4.69, 9.17) is 0 Å². The maximum atomic E-state index is 12.5. The number of anilines is 2. The molecule has 4 aromatic rings. The summed E-state index contributed by atoms with van der Waals surface area (Å²) in [7, 11) is 0. The van der Waals surface area contributed by atoms with Crippen molar-refractivity contribution < 1.29 is 4.79 Å². The predicted molar refractivity (Wildman–Crippen MR) is 99.6 cm³/mol. The van der Waals surface area contributed by atoms with E-state index < -0.39 is 0 Å². The summed E-state index contributed by atoms with van der Waals surface area (Å²) in [5.41, 5.74) is 1.73. The molecule has 5 rings (SSSR count). The van der Waals surface area contributed by atoms with E-state index in [1.807, 2.05) is 46.0 Å². The predicted octanol–water partition coefficient (Wildman–Crippen LogP) is 1.61. The van der Waals surface area contributed by atoms with E-state index in [1.54, 1.807) is 12.5 Å². The number of hydrogen-bond donors (Lipinski definition) is 2. The van der Waals surface area contributed by atoms with E-state index in [2.05, 4.69) is 30.2 Å². The summed E-state index contributed by atoms with van der Waals surface area (Å²) >= 11 is 0. The molecule has 1 aliphatic rings. The Bertz CT molecular complexity index is 1060. The largest absolute Gasteiger partial charge is 0.355 e. The van der Waals surface area contributed by atoms with E-state index in [0.717, 1.165) is 22.7 Å². The number of aromatic nitrogens is 6. The Balaban J connectivity index is 1.24. The van der Waals surface area contributed by atoms with Crippen molar-refractivity contribution in [1.29, 1.82) is 0 Å². The number of carbonyl (C=O) groups excluding carboxylic acids is 1. The molecular weight excluding hydrogens is 344 g/mol. The van der Waals surface area contributed by atoms with Gasteiger partial charge in [-0.25, -0.2) is 19.9 Å². The minimum Gasteiger partial charge on any atom is -0.355 e. The second-order valence-corrected chi connectivity index (χ2v) is 6.40. The number of fused-ring (bicyclic) bond motifs is 1. The number of amides is 1. The number of H-pyrrole nitrogens is 1. The van der Waals surface area contributed by atoms with Gasteiger partial charge in [-0.15, -0.1) is 0 Å². The number of hydrogen-bond acceptors (Lipinski definition) is 6. The zero-order valence-corrected chi connectivity index (χ0v) is 14.3. The second kappa shape index (κ2) is 6.20. The van der Waals surface area contributed by atoms with E-state index in [9.17, 15) is 4.79 Å². The van der Waals surface area contributed by atoms with Crippen molar-refractivity contribution >= 4 is 28.7 Å². The van der Waals surface area contributed by atoms with Gasteiger partial charge in [0.25, 0.3) is 0 Å². The fourth-order valence-electron chi connectivity index (χ4n) is 3.11. The molecule has 27 heavy (non-hydrogen) atoms. The van der Waals surface area contributed by atoms with Crippen LogP contribution in [0.1, 0.15) is 0 Å². The average Bonchev–Trinajstić information content (AvgIpc) is 3.30. The molecule has 1 saturated heterocycles. The van der Waals surface area contributed by atoms with Crippen molar-refractivity contribution in [2.75, 3.05) is 23.3 Å². The Morgan fingerprint density at radius 2 is 2.04 bits per heavy atom. The number of carbonyl (C=O) groups is 1. The van der Waals surface area contributed by atoms with Crippen molar-refractivity contribution in [2.24, 2.45) is 5.92 Å². The summed E-state index contributed by atoms with van der Waals surface area (Å²) in [5.74, 6) is 1.86. The van der Waals surface area contributed by atoms with Crippen molar-refractivity contribution in [3.05, 3.63) is 55.4 Å². The third-order valence-electron chi connectivity index (χ3n) is 4.61. The number of rotatable bonds is 4. The Hall–Kier alpha value is -3.75. The van der Waals surface area contributed by atoms with Crippen LogP contribution in [0.3, 0.4) is 0 Å². The smallest absolute Gasteiger partial charge is 0.233 e. The highest BCUT2D eigenvalue weighted by Crippen LogP contribution is 2.24. The van der Waals surface area contributed by atoms with Crippen LogP contribution in [0.4, 0.5) is 11.8 Å². The van der Waals surface area contributed by atoms with Gasteiger partial charge in [0, 0.05) is 31.5 Å². The number of nitrogens with one attached hydrogen (secondary N) is 2. The average molecular weight is 360 g/mol.